The number of carbonyl (C=O) groups excluding carboxylic acids is 1. The van der Waals surface area contributed by atoms with Gasteiger partial charge in [-0.2, -0.15) is 4.98 Å². The van der Waals surface area contributed by atoms with E-state index in [-0.39, 0.29) is 40.8 Å². The fraction of sp³-hybridized carbons (Fsp3) is 0.444. The number of aromatic nitrogens is 2. The number of amides is 1. The Morgan fingerprint density at radius 1 is 1.16 bits per heavy atom. The van der Waals surface area contributed by atoms with Crippen LogP contribution >= 0.6 is 0 Å². The number of piperazine rings is 1. The van der Waals surface area contributed by atoms with Gasteiger partial charge in [0.15, 0.2) is 17.3 Å². The third kappa shape index (κ3) is 4.98. The van der Waals surface area contributed by atoms with Crippen LogP contribution in [0, 0.1) is 5.82 Å². The van der Waals surface area contributed by atoms with Crippen molar-refractivity contribution in [3.05, 3.63) is 47.8 Å². The molecular weight excluding hydrogens is 475 g/mol. The van der Waals surface area contributed by atoms with Gasteiger partial charge in [0.1, 0.15) is 11.3 Å². The van der Waals surface area contributed by atoms with E-state index in [4.69, 9.17) is 15.2 Å². The Morgan fingerprint density at radius 2 is 1.97 bits per heavy atom. The topological polar surface area (TPSA) is 106 Å². The minimum Gasteiger partial charge on any atom is -0.493 e. The van der Waals surface area contributed by atoms with Gasteiger partial charge in [-0.1, -0.05) is 36.8 Å². The summed E-state index contributed by atoms with van der Waals surface area (Å²) in [4.78, 5) is 26.3. The molecule has 0 aliphatic carbocycles. The molecule has 0 bridgehead atoms. The normalized spacial score (nSPS) is 20.2. The SMILES string of the molecule is COc1cc2c(N)nc(N3CCN(C(=O)CC4CCCCN4)CC3c3ccccc3)nc2c(F)c1OC. The number of anilines is 2. The second-order valence-electron chi connectivity index (χ2n) is 9.54. The molecule has 3 aromatic rings. The van der Waals surface area contributed by atoms with Crippen molar-refractivity contribution in [2.24, 2.45) is 0 Å². The highest BCUT2D eigenvalue weighted by atomic mass is 19.1. The average molecular weight is 509 g/mol. The Morgan fingerprint density at radius 3 is 2.68 bits per heavy atom. The lowest BCUT2D eigenvalue weighted by molar-refractivity contribution is -0.132. The van der Waals surface area contributed by atoms with Crippen molar-refractivity contribution in [3.63, 3.8) is 0 Å². The van der Waals surface area contributed by atoms with Crippen LogP contribution in [0.1, 0.15) is 37.3 Å². The van der Waals surface area contributed by atoms with Crippen LogP contribution in [0.15, 0.2) is 36.4 Å². The molecule has 2 fully saturated rings. The van der Waals surface area contributed by atoms with Gasteiger partial charge in [-0.05, 0) is 31.0 Å². The van der Waals surface area contributed by atoms with Gasteiger partial charge in [-0.3, -0.25) is 4.79 Å². The van der Waals surface area contributed by atoms with Crippen molar-refractivity contribution in [2.45, 2.75) is 37.8 Å². The van der Waals surface area contributed by atoms with E-state index in [1.165, 1.54) is 14.2 Å². The second kappa shape index (κ2) is 10.8. The molecule has 1 amide bonds. The quantitative estimate of drug-likeness (QED) is 0.523. The molecule has 3 N–H and O–H groups in total. The number of nitrogens with one attached hydrogen (secondary N) is 1. The Balaban J connectivity index is 1.48. The zero-order valence-electron chi connectivity index (χ0n) is 21.2. The van der Waals surface area contributed by atoms with Crippen molar-refractivity contribution in [1.82, 2.24) is 20.2 Å². The number of methoxy groups -OCH3 is 2. The first-order chi connectivity index (χ1) is 18.0. The molecule has 2 atom stereocenters. The lowest BCUT2D eigenvalue weighted by atomic mass is 9.99. The second-order valence-corrected chi connectivity index (χ2v) is 9.54. The van der Waals surface area contributed by atoms with Gasteiger partial charge in [0.2, 0.25) is 11.9 Å². The third-order valence-electron chi connectivity index (χ3n) is 7.30. The average Bonchev–Trinajstić information content (AvgIpc) is 2.94. The molecule has 2 aromatic carbocycles. The molecule has 2 saturated heterocycles. The van der Waals surface area contributed by atoms with Crippen LogP contribution in [0.3, 0.4) is 0 Å². The zero-order chi connectivity index (χ0) is 25.9. The van der Waals surface area contributed by atoms with Crippen molar-refractivity contribution >= 4 is 28.6 Å². The molecule has 10 heteroatoms. The first kappa shape index (κ1) is 25.0. The van der Waals surface area contributed by atoms with Crippen molar-refractivity contribution in [3.8, 4) is 11.5 Å². The van der Waals surface area contributed by atoms with E-state index in [9.17, 15) is 4.79 Å². The number of halogens is 1. The lowest BCUT2D eigenvalue weighted by Crippen LogP contribution is -2.52. The molecule has 9 nitrogen and oxygen atoms in total. The summed E-state index contributed by atoms with van der Waals surface area (Å²) in [7, 11) is 2.81. The molecule has 1 aromatic heterocycles. The van der Waals surface area contributed by atoms with Crippen molar-refractivity contribution < 1.29 is 18.7 Å². The maximum atomic E-state index is 15.4. The molecule has 5 rings (SSSR count). The van der Waals surface area contributed by atoms with Crippen molar-refractivity contribution in [1.29, 1.82) is 0 Å². The van der Waals surface area contributed by atoms with E-state index in [2.05, 4.69) is 15.3 Å². The number of carbonyl (C=O) groups is 1. The highest BCUT2D eigenvalue weighted by Gasteiger charge is 2.34. The summed E-state index contributed by atoms with van der Waals surface area (Å²) in [5, 5.41) is 3.82. The predicted molar refractivity (Wildman–Crippen MR) is 140 cm³/mol. The van der Waals surface area contributed by atoms with Crippen LogP contribution in [0.2, 0.25) is 0 Å². The van der Waals surface area contributed by atoms with Crippen LogP contribution in [-0.2, 0) is 4.79 Å². The standard InChI is InChI=1S/C27H33FN6O3/c1-36-21-15-19-24(23(28)25(21)37-2)31-27(32-26(19)29)34-13-12-33(16-20(34)17-8-4-3-5-9-17)22(35)14-18-10-6-7-11-30-18/h3-5,8-9,15,18,20,30H,6-7,10-14,16H2,1-2H3,(H2,29,31,32). The van der Waals surface area contributed by atoms with Gasteiger partial charge < -0.3 is 30.3 Å². The molecule has 37 heavy (non-hydrogen) atoms. The molecular formula is C27H33FN6O3. The van der Waals surface area contributed by atoms with E-state index in [0.29, 0.717) is 37.4 Å². The number of ether oxygens (including phenoxy) is 2. The fourth-order valence-electron chi connectivity index (χ4n) is 5.31. The number of benzene rings is 2. The summed E-state index contributed by atoms with van der Waals surface area (Å²) in [5.74, 6) is 0.126. The van der Waals surface area contributed by atoms with E-state index >= 15 is 4.39 Å². The van der Waals surface area contributed by atoms with Crippen molar-refractivity contribution in [2.75, 3.05) is 51.0 Å². The minimum atomic E-state index is -0.655. The highest BCUT2D eigenvalue weighted by molar-refractivity contribution is 5.92. The number of piperidine rings is 1. The summed E-state index contributed by atoms with van der Waals surface area (Å²) >= 11 is 0. The van der Waals surface area contributed by atoms with Crippen LogP contribution in [0.5, 0.6) is 11.5 Å². The smallest absolute Gasteiger partial charge is 0.228 e. The van der Waals surface area contributed by atoms with E-state index in [1.807, 2.05) is 40.1 Å². The van der Waals surface area contributed by atoms with Gasteiger partial charge in [0, 0.05) is 37.5 Å². The van der Waals surface area contributed by atoms with Gasteiger partial charge in [0.25, 0.3) is 0 Å². The number of hydrogen-bond acceptors (Lipinski definition) is 8. The Labute approximate surface area is 215 Å². The summed E-state index contributed by atoms with van der Waals surface area (Å²) in [5.41, 5.74) is 7.38. The highest BCUT2D eigenvalue weighted by Crippen LogP contribution is 2.38. The molecule has 0 radical (unpaired) electrons. The molecule has 196 valence electrons. The first-order valence-electron chi connectivity index (χ1n) is 12.7. The predicted octanol–water partition coefficient (Wildman–Crippen LogP) is 3.29. The number of rotatable bonds is 6. The van der Waals surface area contributed by atoms with Crippen LogP contribution in [0.25, 0.3) is 10.9 Å². The Kier molecular flexibility index (Phi) is 7.27. The number of nitrogens with zero attached hydrogens (tertiary/aromatic N) is 4. The minimum absolute atomic E-state index is 0.0367. The first-order valence-corrected chi connectivity index (χ1v) is 12.7. The number of nitrogen functional groups attached to an aromatic ring is 1. The summed E-state index contributed by atoms with van der Waals surface area (Å²) in [6.45, 7) is 2.45. The Bertz CT molecular complexity index is 1270. The van der Waals surface area contributed by atoms with Crippen LogP contribution in [0.4, 0.5) is 16.2 Å². The number of nitrogens with two attached hydrogens (primary N) is 1. The molecule has 2 aliphatic heterocycles. The summed E-state index contributed by atoms with van der Waals surface area (Å²) < 4.78 is 25.9. The molecule has 2 aliphatic rings. The summed E-state index contributed by atoms with van der Waals surface area (Å²) in [6.07, 6.45) is 3.83. The molecule has 0 spiro atoms. The summed E-state index contributed by atoms with van der Waals surface area (Å²) in [6, 6.07) is 11.5. The number of hydrogen-bond donors (Lipinski definition) is 2. The lowest BCUT2D eigenvalue weighted by Gasteiger charge is -2.42. The van der Waals surface area contributed by atoms with Gasteiger partial charge in [0.05, 0.1) is 20.3 Å². The van der Waals surface area contributed by atoms with Gasteiger partial charge >= 0.3 is 0 Å². The Hall–Kier alpha value is -3.66. The maximum absolute atomic E-state index is 15.4. The van der Waals surface area contributed by atoms with Crippen LogP contribution in [-0.4, -0.2) is 67.2 Å². The molecule has 2 unspecified atom stereocenters. The van der Waals surface area contributed by atoms with Crippen LogP contribution < -0.4 is 25.4 Å². The van der Waals surface area contributed by atoms with E-state index < -0.39 is 5.82 Å². The fourth-order valence-corrected chi connectivity index (χ4v) is 5.31. The molecule has 3 heterocycles. The molecule has 0 saturated carbocycles. The maximum Gasteiger partial charge on any atom is 0.228 e. The van der Waals surface area contributed by atoms with E-state index in [0.717, 1.165) is 31.4 Å². The zero-order valence-corrected chi connectivity index (χ0v) is 21.2. The van der Waals surface area contributed by atoms with E-state index in [1.54, 1.807) is 6.07 Å². The largest absolute Gasteiger partial charge is 0.493 e. The van der Waals surface area contributed by atoms with Gasteiger partial charge in [-0.25, -0.2) is 9.37 Å². The third-order valence-corrected chi connectivity index (χ3v) is 7.30. The van der Waals surface area contributed by atoms with Gasteiger partial charge in [-0.15, -0.1) is 0 Å². The number of fused-ring (bicyclic) bond motifs is 1. The monoisotopic (exact) mass is 508 g/mol.